The predicted octanol–water partition coefficient (Wildman–Crippen LogP) is 5.00. The second-order valence-corrected chi connectivity index (χ2v) is 10.4. The van der Waals surface area contributed by atoms with Crippen molar-refractivity contribution in [3.63, 3.8) is 0 Å². The average molecular weight is 491 g/mol. The van der Waals surface area contributed by atoms with Crippen LogP contribution in [0.2, 0.25) is 5.02 Å². The first-order valence-corrected chi connectivity index (χ1v) is 12.2. The van der Waals surface area contributed by atoms with Gasteiger partial charge in [0.05, 0.1) is 24.2 Å². The van der Waals surface area contributed by atoms with Crippen molar-refractivity contribution in [2.45, 2.75) is 45.2 Å². The van der Waals surface area contributed by atoms with Crippen LogP contribution in [0.5, 0.6) is 0 Å². The van der Waals surface area contributed by atoms with E-state index in [1.165, 1.54) is 19.2 Å². The second-order valence-electron chi connectivity index (χ2n) is 8.10. The van der Waals surface area contributed by atoms with Gasteiger partial charge in [-0.3, -0.25) is 4.79 Å². The smallest absolute Gasteiger partial charge is 0.324 e. The van der Waals surface area contributed by atoms with Crippen LogP contribution in [0, 0.1) is 19.8 Å². The Morgan fingerprint density at radius 3 is 2.24 bits per heavy atom. The first-order valence-electron chi connectivity index (χ1n) is 10.4. The Morgan fingerprint density at radius 2 is 1.70 bits per heavy atom. The second kappa shape index (κ2) is 10.1. The summed E-state index contributed by atoms with van der Waals surface area (Å²) in [6.45, 7) is 6.97. The van der Waals surface area contributed by atoms with Crippen LogP contribution < -0.4 is 0 Å². The van der Waals surface area contributed by atoms with Crippen LogP contribution in [-0.2, 0) is 26.1 Å². The number of esters is 1. The highest BCUT2D eigenvalue weighted by molar-refractivity contribution is 7.89. The van der Waals surface area contributed by atoms with E-state index in [2.05, 4.69) is 4.98 Å². The van der Waals surface area contributed by atoms with Crippen molar-refractivity contribution in [3.05, 3.63) is 70.6 Å². The van der Waals surface area contributed by atoms with Gasteiger partial charge in [-0.25, -0.2) is 13.4 Å². The molecule has 7 nitrogen and oxygen atoms in total. The molecule has 0 amide bonds. The molecule has 33 heavy (non-hydrogen) atoms. The van der Waals surface area contributed by atoms with E-state index in [0.717, 1.165) is 9.87 Å². The summed E-state index contributed by atoms with van der Waals surface area (Å²) in [5.41, 5.74) is 2.04. The largest absolute Gasteiger partial charge is 0.468 e. The van der Waals surface area contributed by atoms with E-state index in [1.54, 1.807) is 57.2 Å². The lowest BCUT2D eigenvalue weighted by atomic mass is 10.0. The zero-order valence-corrected chi connectivity index (χ0v) is 20.8. The Hall–Kier alpha value is -2.68. The molecule has 3 aromatic rings. The van der Waals surface area contributed by atoms with E-state index in [4.69, 9.17) is 20.8 Å². The number of aromatic nitrogens is 1. The van der Waals surface area contributed by atoms with Gasteiger partial charge in [-0.2, -0.15) is 4.31 Å². The molecule has 0 radical (unpaired) electrons. The van der Waals surface area contributed by atoms with Crippen molar-refractivity contribution in [1.82, 2.24) is 9.29 Å². The SMILES string of the molecule is COC(=O)[C@@H](C(C)C)N(Cc1nc(-c2ccc(Cl)cc2)oc1C)S(=O)(=O)c1ccc(C)cc1. The van der Waals surface area contributed by atoms with Gasteiger partial charge in [0.15, 0.2) is 0 Å². The minimum absolute atomic E-state index is 0.0849. The quantitative estimate of drug-likeness (QED) is 0.413. The number of ether oxygens (including phenoxy) is 1. The normalized spacial score (nSPS) is 12.8. The molecule has 0 saturated heterocycles. The molecule has 0 bridgehead atoms. The van der Waals surface area contributed by atoms with Crippen LogP contribution in [0.4, 0.5) is 0 Å². The summed E-state index contributed by atoms with van der Waals surface area (Å²) < 4.78 is 39.3. The highest BCUT2D eigenvalue weighted by Crippen LogP contribution is 2.29. The molecule has 3 rings (SSSR count). The van der Waals surface area contributed by atoms with Gasteiger partial charge in [-0.1, -0.05) is 43.1 Å². The lowest BCUT2D eigenvalue weighted by molar-refractivity contribution is -0.146. The predicted molar refractivity (Wildman–Crippen MR) is 126 cm³/mol. The van der Waals surface area contributed by atoms with Gasteiger partial charge < -0.3 is 9.15 Å². The van der Waals surface area contributed by atoms with E-state index < -0.39 is 22.0 Å². The number of methoxy groups -OCH3 is 1. The van der Waals surface area contributed by atoms with Crippen molar-refractivity contribution in [2.75, 3.05) is 7.11 Å². The molecule has 0 saturated carbocycles. The molecule has 1 heterocycles. The fourth-order valence-electron chi connectivity index (χ4n) is 3.46. The summed E-state index contributed by atoms with van der Waals surface area (Å²) >= 11 is 5.96. The van der Waals surface area contributed by atoms with E-state index in [-0.39, 0.29) is 17.4 Å². The number of carbonyl (C=O) groups excluding carboxylic acids is 1. The zero-order chi connectivity index (χ0) is 24.3. The van der Waals surface area contributed by atoms with Crippen molar-refractivity contribution < 1.29 is 22.4 Å². The van der Waals surface area contributed by atoms with Gasteiger partial charge in [0, 0.05) is 10.6 Å². The fourth-order valence-corrected chi connectivity index (χ4v) is 5.26. The first kappa shape index (κ1) is 25.0. The van der Waals surface area contributed by atoms with E-state index in [9.17, 15) is 13.2 Å². The standard InChI is InChI=1S/C24H27ClN2O5S/c1-15(2)22(24(28)31-5)27(33(29,30)20-12-6-16(3)7-13-20)14-21-17(4)32-23(26-21)18-8-10-19(25)11-9-18/h6-13,15,22H,14H2,1-5H3/t22-/m1/s1. The van der Waals surface area contributed by atoms with Gasteiger partial charge in [-0.05, 0) is 56.2 Å². The topological polar surface area (TPSA) is 89.7 Å². The first-order chi connectivity index (χ1) is 15.5. The van der Waals surface area contributed by atoms with Crippen LogP contribution in [0.15, 0.2) is 57.8 Å². The Bertz CT molecular complexity index is 1220. The zero-order valence-electron chi connectivity index (χ0n) is 19.2. The summed E-state index contributed by atoms with van der Waals surface area (Å²) in [5.74, 6) is -0.192. The van der Waals surface area contributed by atoms with E-state index >= 15 is 0 Å². The highest BCUT2D eigenvalue weighted by atomic mass is 35.5. The molecule has 2 aromatic carbocycles. The third kappa shape index (κ3) is 5.46. The molecular formula is C24H27ClN2O5S. The highest BCUT2D eigenvalue weighted by Gasteiger charge is 2.39. The van der Waals surface area contributed by atoms with Crippen molar-refractivity contribution in [3.8, 4) is 11.5 Å². The molecule has 1 atom stereocenters. The molecule has 1 aromatic heterocycles. The molecule has 0 fully saturated rings. The van der Waals surface area contributed by atoms with Gasteiger partial charge in [-0.15, -0.1) is 0 Å². The Kier molecular flexibility index (Phi) is 7.62. The maximum Gasteiger partial charge on any atom is 0.324 e. The number of halogens is 1. The molecule has 0 spiro atoms. The summed E-state index contributed by atoms with van der Waals surface area (Å²) in [6, 6.07) is 12.4. The Balaban J connectivity index is 2.08. The number of nitrogens with zero attached hydrogens (tertiary/aromatic N) is 2. The van der Waals surface area contributed by atoms with Crippen LogP contribution in [0.3, 0.4) is 0 Å². The number of benzene rings is 2. The van der Waals surface area contributed by atoms with E-state index in [0.29, 0.717) is 27.9 Å². The number of aryl methyl sites for hydroxylation is 2. The van der Waals surface area contributed by atoms with Crippen LogP contribution in [-0.4, -0.2) is 36.8 Å². The maximum absolute atomic E-state index is 13.7. The van der Waals surface area contributed by atoms with Crippen LogP contribution in [0.25, 0.3) is 11.5 Å². The molecule has 0 unspecified atom stereocenters. The van der Waals surface area contributed by atoms with Gasteiger partial charge in [0.1, 0.15) is 11.8 Å². The molecular weight excluding hydrogens is 464 g/mol. The summed E-state index contributed by atoms with van der Waals surface area (Å²) in [7, 11) is -2.82. The number of hydrogen-bond acceptors (Lipinski definition) is 6. The molecule has 9 heteroatoms. The number of rotatable bonds is 8. The monoisotopic (exact) mass is 490 g/mol. The molecule has 0 N–H and O–H groups in total. The van der Waals surface area contributed by atoms with Gasteiger partial charge in [0.2, 0.25) is 15.9 Å². The molecule has 0 aliphatic carbocycles. The van der Waals surface area contributed by atoms with Crippen molar-refractivity contribution in [1.29, 1.82) is 0 Å². The number of sulfonamides is 1. The summed E-state index contributed by atoms with van der Waals surface area (Å²) in [6.07, 6.45) is 0. The number of hydrogen-bond donors (Lipinski definition) is 0. The maximum atomic E-state index is 13.7. The van der Waals surface area contributed by atoms with Crippen LogP contribution >= 0.6 is 11.6 Å². The number of carbonyl (C=O) groups is 1. The minimum Gasteiger partial charge on any atom is -0.468 e. The molecule has 0 aliphatic heterocycles. The van der Waals surface area contributed by atoms with Gasteiger partial charge in [0.25, 0.3) is 0 Å². The fraction of sp³-hybridized carbons (Fsp3) is 0.333. The molecule has 0 aliphatic rings. The van der Waals surface area contributed by atoms with Crippen LogP contribution in [0.1, 0.15) is 30.9 Å². The van der Waals surface area contributed by atoms with E-state index in [1.807, 2.05) is 6.92 Å². The summed E-state index contributed by atoms with van der Waals surface area (Å²) in [4.78, 5) is 17.3. The lowest BCUT2D eigenvalue weighted by Crippen LogP contribution is -2.48. The summed E-state index contributed by atoms with van der Waals surface area (Å²) in [5, 5.41) is 0.579. The third-order valence-electron chi connectivity index (χ3n) is 5.30. The van der Waals surface area contributed by atoms with Gasteiger partial charge >= 0.3 is 5.97 Å². The Labute approximate surface area is 199 Å². The third-order valence-corrected chi connectivity index (χ3v) is 7.39. The Morgan fingerprint density at radius 1 is 1.09 bits per heavy atom. The lowest BCUT2D eigenvalue weighted by Gasteiger charge is -2.31. The minimum atomic E-state index is -4.06. The van der Waals surface area contributed by atoms with Crippen molar-refractivity contribution >= 4 is 27.6 Å². The average Bonchev–Trinajstić information content (AvgIpc) is 3.13. The molecule has 176 valence electrons. The van der Waals surface area contributed by atoms with Crippen molar-refractivity contribution in [2.24, 2.45) is 5.92 Å². The number of oxazole rings is 1.